The van der Waals surface area contributed by atoms with Crippen molar-refractivity contribution in [2.24, 2.45) is 5.16 Å². The minimum Gasteiger partial charge on any atom is -0.504 e. The number of nitrogens with one attached hydrogen (secondary N) is 2. The molecule has 49 heavy (non-hydrogen) atoms. The maximum atomic E-state index is 13.3. The molecule has 2 amide bonds. The molecular formula is C27H31ClN6O12S3. The summed E-state index contributed by atoms with van der Waals surface area (Å²) >= 11 is 8.79. The van der Waals surface area contributed by atoms with Crippen LogP contribution in [0.3, 0.4) is 0 Å². The number of thioether (sulfide) groups is 2. The summed E-state index contributed by atoms with van der Waals surface area (Å²) in [5.41, 5.74) is 3.12. The van der Waals surface area contributed by atoms with Crippen molar-refractivity contribution in [2.45, 2.75) is 47.3 Å². The van der Waals surface area contributed by atoms with Crippen LogP contribution in [-0.2, 0) is 28.8 Å². The molecule has 2 aromatic rings. The monoisotopic (exact) mass is 762 g/mol. The highest BCUT2D eigenvalue weighted by atomic mass is 35.5. The largest absolute Gasteiger partial charge is 0.504 e. The summed E-state index contributed by atoms with van der Waals surface area (Å²) in [6.45, 7) is 2.09. The van der Waals surface area contributed by atoms with Crippen molar-refractivity contribution >= 4 is 86.8 Å². The van der Waals surface area contributed by atoms with Gasteiger partial charge in [0.2, 0.25) is 5.60 Å². The van der Waals surface area contributed by atoms with Crippen molar-refractivity contribution in [3.63, 3.8) is 0 Å². The highest BCUT2D eigenvalue weighted by molar-refractivity contribution is 8.19. The number of rotatable bonds is 15. The summed E-state index contributed by atoms with van der Waals surface area (Å²) in [6, 6.07) is 1.09. The summed E-state index contributed by atoms with van der Waals surface area (Å²) in [5.74, 6) is -6.97. The summed E-state index contributed by atoms with van der Waals surface area (Å²) < 4.78 is 3.83. The van der Waals surface area contributed by atoms with E-state index in [0.717, 1.165) is 47.0 Å². The number of carbonyl (C=O) groups is 5. The number of thiazole rings is 1. The highest BCUT2D eigenvalue weighted by Gasteiger charge is 2.62. The van der Waals surface area contributed by atoms with E-state index in [9.17, 15) is 49.5 Å². The molecule has 2 fully saturated rings. The molecule has 0 radical (unpaired) electrons. The Hall–Kier alpha value is -3.86. The van der Waals surface area contributed by atoms with Crippen molar-refractivity contribution in [1.29, 1.82) is 0 Å². The zero-order valence-corrected chi connectivity index (χ0v) is 29.0. The second-order valence-electron chi connectivity index (χ2n) is 11.1. The van der Waals surface area contributed by atoms with E-state index in [4.69, 9.17) is 26.9 Å². The van der Waals surface area contributed by atoms with Crippen LogP contribution >= 0.6 is 46.5 Å². The number of fused-ring (bicyclic) bond motifs is 1. The van der Waals surface area contributed by atoms with Crippen LogP contribution in [0.15, 0.2) is 22.7 Å². The van der Waals surface area contributed by atoms with Gasteiger partial charge >= 0.3 is 11.9 Å². The number of aromatic nitrogens is 1. The number of amides is 2. The van der Waals surface area contributed by atoms with E-state index in [-0.39, 0.29) is 35.2 Å². The van der Waals surface area contributed by atoms with Gasteiger partial charge in [-0.2, -0.15) is 0 Å². The fraction of sp³-hybridized carbons (Fsp3) is 0.444. The number of methoxy groups -OCH3 is 1. The van der Waals surface area contributed by atoms with E-state index < -0.39 is 85.2 Å². The number of aromatic hydroxyl groups is 2. The molecule has 0 saturated carbocycles. The average molecular weight is 763 g/mol. The van der Waals surface area contributed by atoms with Crippen LogP contribution < -0.4 is 16.4 Å². The van der Waals surface area contributed by atoms with Crippen molar-refractivity contribution < 1.29 is 59.1 Å². The first-order chi connectivity index (χ1) is 22.9. The van der Waals surface area contributed by atoms with Crippen LogP contribution in [0.1, 0.15) is 29.9 Å². The molecule has 2 aliphatic rings. The molecule has 0 aliphatic carbocycles. The molecule has 22 heteroatoms. The number of aliphatic hydroxyl groups is 1. The van der Waals surface area contributed by atoms with Gasteiger partial charge in [-0.25, -0.2) is 14.6 Å². The molecule has 0 spiro atoms. The van der Waals surface area contributed by atoms with Gasteiger partial charge in [-0.15, -0.1) is 34.9 Å². The first-order valence-electron chi connectivity index (χ1n) is 14.0. The number of hydrogen-bond acceptors (Lipinski definition) is 17. The number of oxime groups is 1. The topological polar surface area (TPSA) is 284 Å². The van der Waals surface area contributed by atoms with Gasteiger partial charge in [0.1, 0.15) is 11.9 Å². The maximum absolute atomic E-state index is 13.3. The Morgan fingerprint density at radius 1 is 1.24 bits per heavy atom. The van der Waals surface area contributed by atoms with Gasteiger partial charge in [-0.05, 0) is 26.0 Å². The van der Waals surface area contributed by atoms with Gasteiger partial charge in [0.25, 0.3) is 17.6 Å². The molecular weight excluding hydrogens is 732 g/mol. The third-order valence-electron chi connectivity index (χ3n) is 7.35. The number of nitrogens with two attached hydrogens (primary N) is 1. The highest BCUT2D eigenvalue weighted by Crippen LogP contribution is 2.54. The van der Waals surface area contributed by atoms with E-state index in [2.05, 4.69) is 20.8 Å². The smallest absolute Gasteiger partial charge is 0.350 e. The third kappa shape index (κ3) is 7.97. The van der Waals surface area contributed by atoms with Crippen LogP contribution in [0.5, 0.6) is 11.5 Å². The van der Waals surface area contributed by atoms with Gasteiger partial charge in [0, 0.05) is 31.3 Å². The van der Waals surface area contributed by atoms with Gasteiger partial charge < -0.3 is 51.5 Å². The lowest BCUT2D eigenvalue weighted by Gasteiger charge is -2.47. The Labute approximate surface area is 295 Å². The number of carbonyl (C=O) groups excluding carboxylic acids is 3. The number of hydrogen-bond donors (Lipinski definition) is 8. The Balaban J connectivity index is 1.40. The van der Waals surface area contributed by atoms with Crippen molar-refractivity contribution in [3.8, 4) is 11.5 Å². The number of carboxylic acid groups (broad SMARTS) is 2. The zero-order valence-electron chi connectivity index (χ0n) is 25.8. The normalized spacial score (nSPS) is 22.8. The van der Waals surface area contributed by atoms with Gasteiger partial charge in [0.05, 0.1) is 28.1 Å². The number of aliphatic carboxylic acids is 2. The second-order valence-corrected chi connectivity index (χ2v) is 15.3. The summed E-state index contributed by atoms with van der Waals surface area (Å²) in [5, 5.41) is 58.7. The molecule has 9 N–H and O–H groups in total. The number of aliphatic hydroxyl groups excluding tert-OH is 1. The average Bonchev–Trinajstić information content (AvgIpc) is 3.64. The SMILES string of the molecule is CO[C@@H](CNC(=O)C(=O)c1ccc(O)c(O)c1Cl)CS[C@]1(C(=O)O)CN2C(O)C(NC(=O)/C(=N\OC(C)(C)C(=O)O)c3csc(N)n3)[C@H]2S1. The lowest BCUT2D eigenvalue weighted by molar-refractivity contribution is -0.161. The number of ether oxygens (including phenoxy) is 1. The van der Waals surface area contributed by atoms with E-state index in [1.165, 1.54) is 31.2 Å². The molecule has 2 unspecified atom stereocenters. The van der Waals surface area contributed by atoms with Gasteiger partial charge in [-0.3, -0.25) is 19.3 Å². The number of nitrogen functional groups attached to an aromatic ring is 1. The number of anilines is 1. The van der Waals surface area contributed by atoms with Crippen molar-refractivity contribution in [1.82, 2.24) is 20.5 Å². The van der Waals surface area contributed by atoms with E-state index in [1.807, 2.05) is 0 Å². The van der Waals surface area contributed by atoms with Gasteiger partial charge in [0.15, 0.2) is 26.4 Å². The molecule has 5 atom stereocenters. The lowest BCUT2D eigenvalue weighted by Crippen LogP contribution is -2.70. The van der Waals surface area contributed by atoms with Crippen LogP contribution in [0.2, 0.25) is 5.02 Å². The number of halogens is 1. The standard InChI is InChI=1S/C27H31ClN6O12S3/c1-26(2,23(41)42)46-33-15(12-8-47-25(29)31-12)19(38)32-16-21(40)34-9-27(24(43)44,49-22(16)34)48-7-10(45-3)6-30-20(39)17(36)11-4-5-13(35)18(37)14(11)28/h4-5,8,10,16,21-22,35,37,40H,6-7,9H2,1-3H3,(H2,29,31)(H,30,39)(H,32,38)(H,41,42)(H,43,44)/b33-15-/t10-,16?,21?,22+,27+/m0/s1. The molecule has 1 aromatic carbocycles. The summed E-state index contributed by atoms with van der Waals surface area (Å²) in [4.78, 5) is 73.0. The van der Waals surface area contributed by atoms with Crippen molar-refractivity contribution in [2.75, 3.05) is 31.7 Å². The molecule has 3 heterocycles. The molecule has 4 rings (SSSR count). The molecule has 266 valence electrons. The zero-order chi connectivity index (χ0) is 36.4. The lowest BCUT2D eigenvalue weighted by atomic mass is 10.0. The molecule has 0 bridgehead atoms. The van der Waals surface area contributed by atoms with Gasteiger partial charge in [-0.1, -0.05) is 16.8 Å². The number of ketones is 1. The van der Waals surface area contributed by atoms with Crippen LogP contribution in [0.4, 0.5) is 5.13 Å². The van der Waals surface area contributed by atoms with Crippen LogP contribution in [0, 0.1) is 0 Å². The predicted octanol–water partition coefficient (Wildman–Crippen LogP) is 0.0937. The maximum Gasteiger partial charge on any atom is 0.350 e. The minimum atomic E-state index is -1.80. The second kappa shape index (κ2) is 14.9. The van der Waals surface area contributed by atoms with E-state index in [1.54, 1.807) is 0 Å². The van der Waals surface area contributed by atoms with E-state index >= 15 is 0 Å². The number of phenolic OH excluding ortho intramolecular Hbond substituents is 2. The molecule has 1 aromatic heterocycles. The van der Waals surface area contributed by atoms with Crippen LogP contribution in [-0.4, -0.2) is 130 Å². The van der Waals surface area contributed by atoms with Crippen LogP contribution in [0.25, 0.3) is 0 Å². The predicted molar refractivity (Wildman–Crippen MR) is 178 cm³/mol. The Morgan fingerprint density at radius 3 is 2.53 bits per heavy atom. The number of benzene rings is 1. The number of nitrogens with zero attached hydrogens (tertiary/aromatic N) is 3. The fourth-order valence-corrected chi connectivity index (χ4v) is 8.45. The Bertz CT molecular complexity index is 1690. The quantitative estimate of drug-likeness (QED) is 0.0392. The summed E-state index contributed by atoms with van der Waals surface area (Å²) in [6.07, 6.45) is -2.08. The first-order valence-corrected chi connectivity index (χ1v) is 17.1. The third-order valence-corrected chi connectivity index (χ3v) is 11.8. The molecule has 2 saturated heterocycles. The number of phenols is 2. The Kier molecular flexibility index (Phi) is 11.6. The van der Waals surface area contributed by atoms with E-state index in [0.29, 0.717) is 0 Å². The fourth-order valence-electron chi connectivity index (χ4n) is 4.41. The number of carboxylic acids is 2. The molecule has 18 nitrogen and oxygen atoms in total. The number of Topliss-reactive ketones (excluding diaryl/α,β-unsaturated/α-hetero) is 1. The summed E-state index contributed by atoms with van der Waals surface area (Å²) in [7, 11) is 1.32. The van der Waals surface area contributed by atoms with Crippen molar-refractivity contribution in [3.05, 3.63) is 33.8 Å². The Morgan fingerprint density at radius 2 is 1.94 bits per heavy atom. The first kappa shape index (κ1) is 38.0. The molecule has 2 aliphatic heterocycles. The minimum absolute atomic E-state index is 0.00918.